The highest BCUT2D eigenvalue weighted by molar-refractivity contribution is 8.01. The van der Waals surface area contributed by atoms with Crippen molar-refractivity contribution in [2.75, 3.05) is 42.7 Å². The monoisotopic (exact) mass is 704 g/mol. The zero-order chi connectivity index (χ0) is 32.8. The summed E-state index contributed by atoms with van der Waals surface area (Å²) in [5.41, 5.74) is 0.933. The van der Waals surface area contributed by atoms with E-state index in [1.165, 1.54) is 29.3 Å². The molecular formula is C29H33ClN8O5S3. The smallest absolute Gasteiger partial charge is 0.240 e. The Morgan fingerprint density at radius 1 is 1.15 bits per heavy atom. The van der Waals surface area contributed by atoms with E-state index in [0.717, 1.165) is 4.90 Å². The average molecular weight is 705 g/mol. The fourth-order valence-corrected chi connectivity index (χ4v) is 7.63. The summed E-state index contributed by atoms with van der Waals surface area (Å²) in [6.45, 7) is 4.85. The minimum absolute atomic E-state index is 0.146. The van der Waals surface area contributed by atoms with Crippen LogP contribution in [0.2, 0.25) is 5.02 Å². The molecule has 46 heavy (non-hydrogen) atoms. The molecule has 5 rings (SSSR count). The molecule has 13 nitrogen and oxygen atoms in total. The highest BCUT2D eigenvalue weighted by Crippen LogP contribution is 2.37. The van der Waals surface area contributed by atoms with Gasteiger partial charge in [-0.15, -0.1) is 10.2 Å². The Morgan fingerprint density at radius 3 is 2.65 bits per heavy atom. The first-order chi connectivity index (χ1) is 22.0. The van der Waals surface area contributed by atoms with Crippen LogP contribution in [0.1, 0.15) is 26.7 Å². The van der Waals surface area contributed by atoms with Gasteiger partial charge in [0.05, 0.1) is 47.5 Å². The second-order valence-corrected chi connectivity index (χ2v) is 15.8. The van der Waals surface area contributed by atoms with E-state index in [9.17, 15) is 18.3 Å². The maximum absolute atomic E-state index is 12.9. The first-order valence-electron chi connectivity index (χ1n) is 14.3. The number of sulfone groups is 1. The zero-order valence-electron chi connectivity index (χ0n) is 25.2. The summed E-state index contributed by atoms with van der Waals surface area (Å²) in [6.07, 6.45) is 2.45. The SMILES string of the molecule is COc1cc(Sc2nnc(NC(=O)CN3CCC(O)CC3)s2)ccc1Nc1ncc(Cl)c(Nc2ccccc2S(=O)(=O)C(C)C)n1. The number of methoxy groups -OCH3 is 1. The zero-order valence-corrected chi connectivity index (χ0v) is 28.4. The van der Waals surface area contributed by atoms with E-state index in [-0.39, 0.29) is 40.2 Å². The Bertz CT molecular complexity index is 1800. The number of halogens is 1. The van der Waals surface area contributed by atoms with Crippen molar-refractivity contribution in [2.24, 2.45) is 0 Å². The van der Waals surface area contributed by atoms with Gasteiger partial charge in [-0.2, -0.15) is 4.98 Å². The van der Waals surface area contributed by atoms with Gasteiger partial charge in [-0.05, 0) is 57.0 Å². The molecule has 17 heteroatoms. The maximum atomic E-state index is 12.9. The number of amides is 1. The van der Waals surface area contributed by atoms with Gasteiger partial charge in [0.1, 0.15) is 10.8 Å². The molecule has 1 aliphatic rings. The van der Waals surface area contributed by atoms with Gasteiger partial charge in [-0.25, -0.2) is 13.4 Å². The molecule has 4 N–H and O–H groups in total. The van der Waals surface area contributed by atoms with Crippen molar-refractivity contribution in [1.82, 2.24) is 25.1 Å². The van der Waals surface area contributed by atoms with E-state index < -0.39 is 15.1 Å². The molecule has 0 atom stereocenters. The van der Waals surface area contributed by atoms with E-state index in [4.69, 9.17) is 16.3 Å². The summed E-state index contributed by atoms with van der Waals surface area (Å²) in [7, 11) is -2.02. The molecular weight excluding hydrogens is 672 g/mol. The van der Waals surface area contributed by atoms with Crippen LogP contribution in [0, 0.1) is 0 Å². The highest BCUT2D eigenvalue weighted by atomic mass is 35.5. The Balaban J connectivity index is 1.24. The number of rotatable bonds is 12. The van der Waals surface area contributed by atoms with Crippen LogP contribution in [0.4, 0.5) is 28.3 Å². The third-order valence-electron chi connectivity index (χ3n) is 7.01. The second-order valence-electron chi connectivity index (χ2n) is 10.6. The molecule has 1 saturated heterocycles. The molecule has 3 heterocycles. The third kappa shape index (κ3) is 8.43. The van der Waals surface area contributed by atoms with Gasteiger partial charge in [-0.3, -0.25) is 15.0 Å². The van der Waals surface area contributed by atoms with Gasteiger partial charge < -0.3 is 20.5 Å². The molecule has 244 valence electrons. The minimum atomic E-state index is -3.56. The number of nitrogens with one attached hydrogen (secondary N) is 3. The molecule has 0 unspecified atom stereocenters. The first kappa shape index (κ1) is 33.8. The number of carbonyl (C=O) groups is 1. The lowest BCUT2D eigenvalue weighted by atomic mass is 10.1. The number of nitrogens with zero attached hydrogens (tertiary/aromatic N) is 5. The van der Waals surface area contributed by atoms with Crippen molar-refractivity contribution in [3.8, 4) is 5.75 Å². The summed E-state index contributed by atoms with van der Waals surface area (Å²) >= 11 is 9.01. The van der Waals surface area contributed by atoms with Crippen LogP contribution in [0.3, 0.4) is 0 Å². The maximum Gasteiger partial charge on any atom is 0.240 e. The number of hydrogen-bond donors (Lipinski definition) is 4. The predicted octanol–water partition coefficient (Wildman–Crippen LogP) is 5.21. The van der Waals surface area contributed by atoms with E-state index >= 15 is 0 Å². The van der Waals surface area contributed by atoms with E-state index in [1.54, 1.807) is 51.3 Å². The number of ether oxygens (including phenoxy) is 1. The second kappa shape index (κ2) is 14.9. The fraction of sp³-hybridized carbons (Fsp3) is 0.345. The van der Waals surface area contributed by atoms with Crippen LogP contribution in [-0.4, -0.2) is 82.6 Å². The van der Waals surface area contributed by atoms with Gasteiger partial charge >= 0.3 is 0 Å². The van der Waals surface area contributed by atoms with Crippen LogP contribution in [0.15, 0.2) is 62.8 Å². The summed E-state index contributed by atoms with van der Waals surface area (Å²) < 4.78 is 32.0. The van der Waals surface area contributed by atoms with Gasteiger partial charge in [0.25, 0.3) is 0 Å². The molecule has 2 aromatic carbocycles. The molecule has 1 aliphatic heterocycles. The molecule has 0 saturated carbocycles. The van der Waals surface area contributed by atoms with Gasteiger partial charge in [0.2, 0.25) is 17.0 Å². The van der Waals surface area contributed by atoms with E-state index in [0.29, 0.717) is 52.5 Å². The molecule has 0 bridgehead atoms. The number of hydrogen-bond acceptors (Lipinski definition) is 14. The number of piperidine rings is 1. The van der Waals surface area contributed by atoms with Crippen molar-refractivity contribution in [2.45, 2.75) is 52.2 Å². The summed E-state index contributed by atoms with van der Waals surface area (Å²) in [5.74, 6) is 0.774. The van der Waals surface area contributed by atoms with Crippen molar-refractivity contribution < 1.29 is 23.1 Å². The number of aromatic nitrogens is 4. The quantitative estimate of drug-likeness (QED) is 0.142. The minimum Gasteiger partial charge on any atom is -0.495 e. The number of likely N-dealkylation sites (tertiary alicyclic amines) is 1. The standard InChI is InChI=1S/C29H33ClN8O5S3/c1-17(2)46(41,42)24-7-5-4-6-22(24)32-26-20(30)15-31-27(35-26)33-21-9-8-19(14-23(21)43-3)44-29-37-36-28(45-29)34-25(40)16-38-12-10-18(39)11-13-38/h4-9,14-15,17-18,39H,10-13,16H2,1-3H3,(H,34,36,40)(H2,31,32,33,35). The summed E-state index contributed by atoms with van der Waals surface area (Å²) in [5, 5.41) is 26.9. The largest absolute Gasteiger partial charge is 0.495 e. The van der Waals surface area contributed by atoms with Crippen molar-refractivity contribution >= 4 is 78.7 Å². The Morgan fingerprint density at radius 2 is 1.91 bits per heavy atom. The molecule has 1 amide bonds. The molecule has 4 aromatic rings. The van der Waals surface area contributed by atoms with E-state index in [2.05, 4.69) is 36.1 Å². The molecule has 0 aliphatic carbocycles. The average Bonchev–Trinajstić information content (AvgIpc) is 3.46. The first-order valence-corrected chi connectivity index (χ1v) is 17.9. The van der Waals surface area contributed by atoms with Crippen LogP contribution < -0.4 is 20.7 Å². The number of carbonyl (C=O) groups excluding carboxylic acids is 1. The fourth-order valence-electron chi connectivity index (χ4n) is 4.51. The van der Waals surface area contributed by atoms with Crippen LogP contribution in [-0.2, 0) is 14.6 Å². The summed E-state index contributed by atoms with van der Waals surface area (Å²) in [4.78, 5) is 24.2. The summed E-state index contributed by atoms with van der Waals surface area (Å²) in [6, 6.07) is 12.1. The van der Waals surface area contributed by atoms with Crippen LogP contribution in [0.5, 0.6) is 5.75 Å². The number of aliphatic hydroxyl groups excluding tert-OH is 1. The molecule has 2 aromatic heterocycles. The Hall–Kier alpha value is -3.54. The lowest BCUT2D eigenvalue weighted by Crippen LogP contribution is -2.40. The van der Waals surface area contributed by atoms with Crippen LogP contribution in [0.25, 0.3) is 0 Å². The number of anilines is 5. The van der Waals surface area contributed by atoms with Gasteiger partial charge in [0.15, 0.2) is 20.0 Å². The van der Waals surface area contributed by atoms with Crippen molar-refractivity contribution in [1.29, 1.82) is 0 Å². The topological polar surface area (TPSA) is 172 Å². The molecule has 0 radical (unpaired) electrons. The normalized spacial score (nSPS) is 14.3. The third-order valence-corrected chi connectivity index (χ3v) is 11.4. The number of para-hydroxylation sites is 1. The van der Waals surface area contributed by atoms with Gasteiger partial charge in [-0.1, -0.05) is 46.8 Å². The Labute approximate surface area is 280 Å². The highest BCUT2D eigenvalue weighted by Gasteiger charge is 2.23. The number of benzene rings is 2. The molecule has 1 fully saturated rings. The number of aliphatic hydroxyl groups is 1. The van der Waals surface area contributed by atoms with Crippen LogP contribution >= 0.6 is 34.7 Å². The van der Waals surface area contributed by atoms with Crippen molar-refractivity contribution in [3.63, 3.8) is 0 Å². The molecule has 0 spiro atoms. The van der Waals surface area contributed by atoms with Crippen molar-refractivity contribution in [3.05, 3.63) is 53.7 Å². The lowest BCUT2D eigenvalue weighted by Gasteiger charge is -2.28. The Kier molecular flexibility index (Phi) is 11.0. The predicted molar refractivity (Wildman–Crippen MR) is 180 cm³/mol. The van der Waals surface area contributed by atoms with E-state index in [1.807, 2.05) is 17.0 Å². The van der Waals surface area contributed by atoms with Gasteiger partial charge in [0, 0.05) is 18.0 Å². The lowest BCUT2D eigenvalue weighted by molar-refractivity contribution is -0.117.